The van der Waals surface area contributed by atoms with Crippen molar-refractivity contribution in [1.29, 1.82) is 0 Å². The van der Waals surface area contributed by atoms with Crippen molar-refractivity contribution in [3.63, 3.8) is 0 Å². The number of fused-ring (bicyclic) bond motifs is 1. The summed E-state index contributed by atoms with van der Waals surface area (Å²) in [7, 11) is 0. The highest BCUT2D eigenvalue weighted by Crippen LogP contribution is 2.35. The third kappa shape index (κ3) is 1.93. The van der Waals surface area contributed by atoms with Gasteiger partial charge in [0.15, 0.2) is 0 Å². The van der Waals surface area contributed by atoms with Crippen molar-refractivity contribution >= 4 is 21.6 Å². The van der Waals surface area contributed by atoms with E-state index in [4.69, 9.17) is 5.73 Å². The van der Waals surface area contributed by atoms with Crippen molar-refractivity contribution in [1.82, 2.24) is 0 Å². The minimum Gasteiger partial charge on any atom is -0.384 e. The first-order valence-electron chi connectivity index (χ1n) is 5.04. The van der Waals surface area contributed by atoms with Crippen LogP contribution in [0.15, 0.2) is 22.7 Å². The average molecular weight is 255 g/mol. The van der Waals surface area contributed by atoms with Gasteiger partial charge in [-0.3, -0.25) is 0 Å². The molecule has 0 saturated carbocycles. The molecule has 0 bridgehead atoms. The van der Waals surface area contributed by atoms with Crippen LogP contribution in [0.3, 0.4) is 0 Å². The Morgan fingerprint density at radius 2 is 2.36 bits per heavy atom. The third-order valence-electron chi connectivity index (χ3n) is 2.75. The van der Waals surface area contributed by atoms with Gasteiger partial charge in [0.25, 0.3) is 0 Å². The molecule has 14 heavy (non-hydrogen) atoms. The minimum atomic E-state index is 0.644. The zero-order valence-corrected chi connectivity index (χ0v) is 9.68. The Hall–Kier alpha value is -0.540. The van der Waals surface area contributed by atoms with Gasteiger partial charge in [0.1, 0.15) is 0 Å². The second-order valence-corrected chi connectivity index (χ2v) is 4.66. The zero-order chi connectivity index (χ0) is 9.97. The van der Waals surface area contributed by atoms with Gasteiger partial charge in [-0.2, -0.15) is 0 Å². The molecule has 76 valence electrons. The highest BCUT2D eigenvalue weighted by Gasteiger charge is 2.21. The van der Waals surface area contributed by atoms with Crippen LogP contribution in [0.25, 0.3) is 0 Å². The number of rotatable bonds is 3. The highest BCUT2D eigenvalue weighted by atomic mass is 79.9. The SMILES string of the molecule is NCCCC1CNc2ccc(Br)cc21. The van der Waals surface area contributed by atoms with E-state index < -0.39 is 0 Å². The van der Waals surface area contributed by atoms with Crippen LogP contribution in [0, 0.1) is 0 Å². The van der Waals surface area contributed by atoms with Crippen molar-refractivity contribution in [2.75, 3.05) is 18.4 Å². The summed E-state index contributed by atoms with van der Waals surface area (Å²) < 4.78 is 1.16. The molecule has 0 fully saturated rings. The molecule has 1 aliphatic heterocycles. The van der Waals surface area contributed by atoms with Gasteiger partial charge in [0.2, 0.25) is 0 Å². The predicted molar refractivity (Wildman–Crippen MR) is 63.7 cm³/mol. The maximum Gasteiger partial charge on any atom is 0.0377 e. The van der Waals surface area contributed by atoms with Gasteiger partial charge in [-0.25, -0.2) is 0 Å². The van der Waals surface area contributed by atoms with Crippen molar-refractivity contribution in [2.45, 2.75) is 18.8 Å². The first kappa shape index (κ1) is 9.99. The maximum atomic E-state index is 5.53. The van der Waals surface area contributed by atoms with Crippen molar-refractivity contribution < 1.29 is 0 Å². The molecule has 0 radical (unpaired) electrons. The largest absolute Gasteiger partial charge is 0.384 e. The molecule has 2 nitrogen and oxygen atoms in total. The fourth-order valence-electron chi connectivity index (χ4n) is 2.00. The van der Waals surface area contributed by atoms with Crippen LogP contribution in [-0.4, -0.2) is 13.1 Å². The van der Waals surface area contributed by atoms with Gasteiger partial charge < -0.3 is 11.1 Å². The minimum absolute atomic E-state index is 0.644. The molecule has 1 unspecified atom stereocenters. The van der Waals surface area contributed by atoms with E-state index in [1.165, 1.54) is 17.7 Å². The average Bonchev–Trinajstić information content (AvgIpc) is 2.57. The van der Waals surface area contributed by atoms with Crippen LogP contribution in [0.5, 0.6) is 0 Å². The third-order valence-corrected chi connectivity index (χ3v) is 3.24. The smallest absolute Gasteiger partial charge is 0.0377 e. The Kier molecular flexibility index (Phi) is 3.08. The molecule has 0 aliphatic carbocycles. The number of nitrogens with two attached hydrogens (primary N) is 1. The molecule has 2 rings (SSSR count). The van der Waals surface area contributed by atoms with Gasteiger partial charge in [0, 0.05) is 22.6 Å². The van der Waals surface area contributed by atoms with E-state index in [1.807, 2.05) is 0 Å². The predicted octanol–water partition coefficient (Wildman–Crippen LogP) is 2.70. The topological polar surface area (TPSA) is 38.0 Å². The van der Waals surface area contributed by atoms with Crippen molar-refractivity contribution in [2.24, 2.45) is 5.73 Å². The van der Waals surface area contributed by atoms with Crippen LogP contribution in [0.2, 0.25) is 0 Å². The van der Waals surface area contributed by atoms with E-state index in [9.17, 15) is 0 Å². The Morgan fingerprint density at radius 1 is 1.50 bits per heavy atom. The summed E-state index contributed by atoms with van der Waals surface area (Å²) in [5.74, 6) is 0.644. The van der Waals surface area contributed by atoms with Gasteiger partial charge >= 0.3 is 0 Å². The van der Waals surface area contributed by atoms with Gasteiger partial charge in [-0.1, -0.05) is 15.9 Å². The van der Waals surface area contributed by atoms with Crippen LogP contribution < -0.4 is 11.1 Å². The summed E-state index contributed by atoms with van der Waals surface area (Å²) >= 11 is 3.51. The normalized spacial score (nSPS) is 19.1. The lowest BCUT2D eigenvalue weighted by Gasteiger charge is -2.08. The van der Waals surface area contributed by atoms with Gasteiger partial charge in [0.05, 0.1) is 0 Å². The van der Waals surface area contributed by atoms with E-state index in [1.54, 1.807) is 0 Å². The Morgan fingerprint density at radius 3 is 3.14 bits per heavy atom. The molecule has 0 aromatic heterocycles. The van der Waals surface area contributed by atoms with E-state index in [-0.39, 0.29) is 0 Å². The quantitative estimate of drug-likeness (QED) is 0.871. The highest BCUT2D eigenvalue weighted by molar-refractivity contribution is 9.10. The molecule has 0 saturated heterocycles. The maximum absolute atomic E-state index is 5.53. The summed E-state index contributed by atoms with van der Waals surface area (Å²) in [5, 5.41) is 3.42. The number of hydrogen-bond donors (Lipinski definition) is 2. The second kappa shape index (κ2) is 4.32. The molecule has 0 spiro atoms. The number of hydrogen-bond acceptors (Lipinski definition) is 2. The fourth-order valence-corrected chi connectivity index (χ4v) is 2.38. The lowest BCUT2D eigenvalue weighted by Crippen LogP contribution is -2.06. The number of halogens is 1. The van der Waals surface area contributed by atoms with Crippen LogP contribution in [-0.2, 0) is 0 Å². The van der Waals surface area contributed by atoms with E-state index >= 15 is 0 Å². The van der Waals surface area contributed by atoms with E-state index in [0.717, 1.165) is 24.0 Å². The summed E-state index contributed by atoms with van der Waals surface area (Å²) in [5.41, 5.74) is 8.25. The zero-order valence-electron chi connectivity index (χ0n) is 8.09. The molecule has 1 atom stereocenters. The summed E-state index contributed by atoms with van der Waals surface area (Å²) in [6.07, 6.45) is 2.30. The fraction of sp³-hybridized carbons (Fsp3) is 0.455. The standard InChI is InChI=1S/C11H15BrN2/c12-9-3-4-11-10(6-9)8(7-14-11)2-1-5-13/h3-4,6,8,14H,1-2,5,7,13H2. The lowest BCUT2D eigenvalue weighted by molar-refractivity contribution is 0.637. The monoisotopic (exact) mass is 254 g/mol. The molecule has 3 N–H and O–H groups in total. The molecular formula is C11H15BrN2. The first-order chi connectivity index (χ1) is 6.81. The first-order valence-corrected chi connectivity index (χ1v) is 5.84. The van der Waals surface area contributed by atoms with Gasteiger partial charge in [-0.05, 0) is 43.1 Å². The molecule has 0 amide bonds. The van der Waals surface area contributed by atoms with Crippen LogP contribution in [0.4, 0.5) is 5.69 Å². The number of benzene rings is 1. The van der Waals surface area contributed by atoms with Crippen molar-refractivity contribution in [3.8, 4) is 0 Å². The number of nitrogens with one attached hydrogen (secondary N) is 1. The molecule has 3 heteroatoms. The second-order valence-electron chi connectivity index (χ2n) is 3.74. The Labute approximate surface area is 93.0 Å². The van der Waals surface area contributed by atoms with Gasteiger partial charge in [-0.15, -0.1) is 0 Å². The van der Waals surface area contributed by atoms with Crippen LogP contribution >= 0.6 is 15.9 Å². The molecule has 1 heterocycles. The van der Waals surface area contributed by atoms with E-state index in [0.29, 0.717) is 5.92 Å². The molecular weight excluding hydrogens is 240 g/mol. The molecule has 1 aromatic rings. The number of anilines is 1. The van der Waals surface area contributed by atoms with Crippen LogP contribution in [0.1, 0.15) is 24.3 Å². The molecule has 1 aliphatic rings. The Bertz CT molecular complexity index is 325. The molecule has 1 aromatic carbocycles. The summed E-state index contributed by atoms with van der Waals surface area (Å²) in [4.78, 5) is 0. The lowest BCUT2D eigenvalue weighted by atomic mass is 9.96. The summed E-state index contributed by atoms with van der Waals surface area (Å²) in [6.45, 7) is 1.85. The summed E-state index contributed by atoms with van der Waals surface area (Å²) in [6, 6.07) is 6.44. The Balaban J connectivity index is 2.16. The van der Waals surface area contributed by atoms with Crippen molar-refractivity contribution in [3.05, 3.63) is 28.2 Å². The van der Waals surface area contributed by atoms with E-state index in [2.05, 4.69) is 39.4 Å².